The Labute approximate surface area is 221 Å². The van der Waals surface area contributed by atoms with Crippen molar-refractivity contribution in [2.75, 3.05) is 11.9 Å². The van der Waals surface area contributed by atoms with E-state index in [-0.39, 0.29) is 0 Å². The third kappa shape index (κ3) is 12.5. The van der Waals surface area contributed by atoms with Crippen LogP contribution in [0.15, 0.2) is 42.5 Å². The van der Waals surface area contributed by atoms with Crippen LogP contribution < -0.4 is 5.32 Å². The molecule has 0 aromatic heterocycles. The van der Waals surface area contributed by atoms with Crippen molar-refractivity contribution in [3.63, 3.8) is 0 Å². The maximum Gasteiger partial charge on any atom is 0.346 e. The molecule has 0 heterocycles. The predicted octanol–water partition coefficient (Wildman–Crippen LogP) is 9.57. The lowest BCUT2D eigenvalue weighted by molar-refractivity contribution is -0.422. The van der Waals surface area contributed by atoms with Gasteiger partial charge in [0.15, 0.2) is 0 Å². The first-order chi connectivity index (χ1) is 18.0. The molecule has 0 saturated heterocycles. The minimum Gasteiger partial charge on any atom is -0.385 e. The van der Waals surface area contributed by atoms with E-state index in [1.165, 1.54) is 108 Å². The van der Waals surface area contributed by atoms with Crippen LogP contribution in [-0.4, -0.2) is 16.4 Å². The Morgan fingerprint density at radius 1 is 0.622 bits per heavy atom. The molecule has 2 rings (SSSR count). The minimum absolute atomic E-state index is 0.503. The van der Waals surface area contributed by atoms with Crippen molar-refractivity contribution in [1.29, 1.82) is 0 Å². The minimum atomic E-state index is -0.740. The van der Waals surface area contributed by atoms with Gasteiger partial charge >= 0.3 is 11.4 Å². The van der Waals surface area contributed by atoms with Gasteiger partial charge < -0.3 is 5.32 Å². The monoisotopic (exact) mass is 509 g/mol. The van der Waals surface area contributed by atoms with Crippen LogP contribution in [0.25, 0.3) is 12.2 Å². The molecule has 202 valence electrons. The van der Waals surface area contributed by atoms with E-state index in [0.717, 1.165) is 17.8 Å². The van der Waals surface area contributed by atoms with Crippen LogP contribution in [0.4, 0.5) is 17.1 Å². The zero-order valence-electron chi connectivity index (χ0n) is 22.3. The number of anilines is 1. The highest BCUT2D eigenvalue weighted by Gasteiger charge is 2.23. The molecule has 0 aliphatic carbocycles. The topological polar surface area (TPSA) is 98.3 Å². The molecule has 2 aromatic carbocycles. The van der Waals surface area contributed by atoms with Crippen molar-refractivity contribution in [3.05, 3.63) is 73.8 Å². The summed E-state index contributed by atoms with van der Waals surface area (Å²) < 4.78 is 0. The first-order valence-electron chi connectivity index (χ1n) is 14.0. The smallest absolute Gasteiger partial charge is 0.346 e. The van der Waals surface area contributed by atoms with E-state index in [1.807, 2.05) is 30.3 Å². The number of nitrogens with zero attached hydrogens (tertiary/aromatic N) is 2. The molecule has 0 amide bonds. The third-order valence-electron chi connectivity index (χ3n) is 6.63. The van der Waals surface area contributed by atoms with E-state index in [4.69, 9.17) is 0 Å². The number of nitro benzene ring substituents is 2. The summed E-state index contributed by atoms with van der Waals surface area (Å²) in [4.78, 5) is 20.6. The highest BCUT2D eigenvalue weighted by molar-refractivity contribution is 5.73. The summed E-state index contributed by atoms with van der Waals surface area (Å²) in [7, 11) is 0. The lowest BCUT2D eigenvalue weighted by Gasteiger charge is -2.07. The highest BCUT2D eigenvalue weighted by atomic mass is 16.6. The normalized spacial score (nSPS) is 11.2. The number of rotatable bonds is 20. The van der Waals surface area contributed by atoms with Crippen LogP contribution in [-0.2, 0) is 0 Å². The van der Waals surface area contributed by atoms with Gasteiger partial charge in [-0.2, -0.15) is 0 Å². The third-order valence-corrected chi connectivity index (χ3v) is 6.63. The van der Waals surface area contributed by atoms with E-state index in [9.17, 15) is 20.2 Å². The molecule has 7 nitrogen and oxygen atoms in total. The Balaban J connectivity index is 1.57. The van der Waals surface area contributed by atoms with E-state index >= 15 is 0 Å². The fourth-order valence-electron chi connectivity index (χ4n) is 4.40. The molecule has 0 aliphatic heterocycles. The first kappa shape index (κ1) is 30.0. The molecule has 1 N–H and O–H groups in total. The van der Waals surface area contributed by atoms with Crippen molar-refractivity contribution < 1.29 is 9.85 Å². The van der Waals surface area contributed by atoms with Crippen molar-refractivity contribution in [2.24, 2.45) is 0 Å². The number of benzene rings is 2. The number of nitrogens with one attached hydrogen (secondary N) is 1. The lowest BCUT2D eigenvalue weighted by Crippen LogP contribution is -2.01. The maximum atomic E-state index is 11.1. The molecule has 0 unspecified atom stereocenters. The molecule has 0 fully saturated rings. The van der Waals surface area contributed by atoms with Gasteiger partial charge in [0, 0.05) is 24.4 Å². The van der Waals surface area contributed by atoms with Gasteiger partial charge in [0.2, 0.25) is 0 Å². The fraction of sp³-hybridized carbons (Fsp3) is 0.533. The van der Waals surface area contributed by atoms with E-state index < -0.39 is 21.2 Å². The Bertz CT molecular complexity index is 973. The van der Waals surface area contributed by atoms with Crippen LogP contribution in [0.5, 0.6) is 0 Å². The number of hydrogen-bond donors (Lipinski definition) is 1. The maximum absolute atomic E-state index is 11.1. The standard InChI is InChI=1S/C30H43N3O4/c1-2-3-4-5-6-7-8-9-10-11-12-13-14-15-24-31-28-21-18-26(19-22-28)16-17-27-20-23-29(32(34)35)30(25-27)33(36)37/h16-23,25,31H,2-15,24H2,1H3. The predicted molar refractivity (Wildman–Crippen MR) is 154 cm³/mol. The van der Waals surface area contributed by atoms with E-state index in [1.54, 1.807) is 6.08 Å². The summed E-state index contributed by atoms with van der Waals surface area (Å²) in [6.45, 7) is 3.23. The molecule has 2 aromatic rings. The van der Waals surface area contributed by atoms with Gasteiger partial charge in [-0.3, -0.25) is 20.2 Å². The summed E-state index contributed by atoms with van der Waals surface area (Å²) in [5, 5.41) is 25.5. The SMILES string of the molecule is CCCCCCCCCCCCCCCCNc1ccc(C=Cc2ccc([N+](=O)[O-])c([N+](=O)[O-])c2)cc1. The Hall–Kier alpha value is -3.22. The number of hydrogen-bond acceptors (Lipinski definition) is 5. The second-order valence-corrected chi connectivity index (χ2v) is 9.74. The quantitative estimate of drug-likeness (QED) is 0.0829. The van der Waals surface area contributed by atoms with Gasteiger partial charge in [-0.15, -0.1) is 0 Å². The fourth-order valence-corrected chi connectivity index (χ4v) is 4.40. The van der Waals surface area contributed by atoms with Crippen LogP contribution in [0.2, 0.25) is 0 Å². The van der Waals surface area contributed by atoms with Gasteiger partial charge in [-0.25, -0.2) is 0 Å². The largest absolute Gasteiger partial charge is 0.385 e. The zero-order valence-corrected chi connectivity index (χ0v) is 22.3. The van der Waals surface area contributed by atoms with Gasteiger partial charge in [0.1, 0.15) is 0 Å². The van der Waals surface area contributed by atoms with Crippen LogP contribution in [0.3, 0.4) is 0 Å². The Kier molecular flexibility index (Phi) is 14.7. The van der Waals surface area contributed by atoms with Gasteiger partial charge in [-0.1, -0.05) is 115 Å². The van der Waals surface area contributed by atoms with Gasteiger partial charge in [0.05, 0.1) is 9.85 Å². The van der Waals surface area contributed by atoms with Crippen molar-refractivity contribution in [2.45, 2.75) is 96.8 Å². The van der Waals surface area contributed by atoms with Crippen molar-refractivity contribution in [1.82, 2.24) is 0 Å². The number of unbranched alkanes of at least 4 members (excludes halogenated alkanes) is 13. The molecule has 0 radical (unpaired) electrons. The molecule has 0 bridgehead atoms. The molecule has 7 heteroatoms. The second-order valence-electron chi connectivity index (χ2n) is 9.74. The molecule has 0 saturated carbocycles. The van der Waals surface area contributed by atoms with E-state index in [2.05, 4.69) is 12.2 Å². The average Bonchev–Trinajstić information content (AvgIpc) is 2.90. The van der Waals surface area contributed by atoms with Gasteiger partial charge in [-0.05, 0) is 35.7 Å². The summed E-state index contributed by atoms with van der Waals surface area (Å²) in [5.41, 5.74) is 1.55. The lowest BCUT2D eigenvalue weighted by atomic mass is 10.0. The summed E-state index contributed by atoms with van der Waals surface area (Å²) in [6, 6.07) is 11.9. The Morgan fingerprint density at radius 3 is 1.59 bits per heavy atom. The molecule has 0 aliphatic rings. The van der Waals surface area contributed by atoms with Crippen molar-refractivity contribution >= 4 is 29.2 Å². The second kappa shape index (κ2) is 18.1. The van der Waals surface area contributed by atoms with Gasteiger partial charge in [0.25, 0.3) is 0 Å². The summed E-state index contributed by atoms with van der Waals surface area (Å²) in [6.07, 6.45) is 22.6. The molecular weight excluding hydrogens is 466 g/mol. The molecule has 0 spiro atoms. The Morgan fingerprint density at radius 2 is 1.08 bits per heavy atom. The first-order valence-corrected chi connectivity index (χ1v) is 14.0. The van der Waals surface area contributed by atoms with Crippen LogP contribution >= 0.6 is 0 Å². The van der Waals surface area contributed by atoms with Crippen LogP contribution in [0, 0.1) is 20.2 Å². The molecule has 37 heavy (non-hydrogen) atoms. The van der Waals surface area contributed by atoms with E-state index in [0.29, 0.717) is 5.56 Å². The number of nitro groups is 2. The molecule has 0 atom stereocenters. The zero-order chi connectivity index (χ0) is 26.7. The highest BCUT2D eigenvalue weighted by Crippen LogP contribution is 2.28. The van der Waals surface area contributed by atoms with Crippen molar-refractivity contribution in [3.8, 4) is 0 Å². The van der Waals surface area contributed by atoms with Crippen LogP contribution in [0.1, 0.15) is 108 Å². The summed E-state index contributed by atoms with van der Waals surface area (Å²) in [5.74, 6) is 0. The summed E-state index contributed by atoms with van der Waals surface area (Å²) >= 11 is 0. The molecular formula is C30H43N3O4. The average molecular weight is 510 g/mol.